The van der Waals surface area contributed by atoms with E-state index in [0.717, 1.165) is 59.8 Å². The second-order valence-electron chi connectivity index (χ2n) is 21.9. The fourth-order valence-electron chi connectivity index (χ4n) is 12.2. The molecule has 91 heavy (non-hydrogen) atoms. The molecule has 3 radical (unpaired) electrons. The fraction of sp³-hybridized carbons (Fsp3) is 0.303. The Kier molecular flexibility index (Phi) is 31.9. The summed E-state index contributed by atoms with van der Waals surface area (Å²) in [5.74, 6) is 0. The number of fused-ring (bicyclic) bond motifs is 8. The molecule has 471 valence electrons. The molecule has 4 heterocycles. The number of rotatable bonds is 12. The number of nitrogens with zero attached hydrogens (tertiary/aromatic N) is 4. The number of carbonyl (C=O) groups is 4. The second-order valence-corrected chi connectivity index (χ2v) is 21.9. The van der Waals surface area contributed by atoms with E-state index in [0.29, 0.717) is 25.9 Å². The van der Waals surface area contributed by atoms with Gasteiger partial charge in [0.25, 0.3) is 25.9 Å². The van der Waals surface area contributed by atoms with E-state index in [1.54, 1.807) is 0 Å². The first kappa shape index (κ1) is 79.4. The van der Waals surface area contributed by atoms with Gasteiger partial charge in [-0.3, -0.25) is 19.2 Å². The normalized spacial score (nSPS) is 13.1. The van der Waals surface area contributed by atoms with Crippen molar-refractivity contribution in [2.24, 2.45) is 0 Å². The SMILES string of the molecule is C.CC.Cc1ccc2c(c1C)N(C(C)OC=O)c1c[c-]ccc1C2.Cc1ccc2c(c1C)N(C(C)OC=O)c1cc[c-]cc1C2.Cc1ccc2c(c1C)N(C(C)OC=O)c1ccccc1C2.Cc1ccc2c(c1C)N(C(C)OC=O)c1ccccc1C2.[CH3-].[Y].[Y].[Y]. The van der Waals surface area contributed by atoms with E-state index >= 15 is 0 Å². The summed E-state index contributed by atoms with van der Waals surface area (Å²) in [6.07, 6.45) is 2.25. The Morgan fingerprint density at radius 3 is 0.945 bits per heavy atom. The number of benzene rings is 8. The minimum atomic E-state index is -0.350. The van der Waals surface area contributed by atoms with Gasteiger partial charge in [0.05, 0.1) is 11.4 Å². The fourth-order valence-corrected chi connectivity index (χ4v) is 12.2. The van der Waals surface area contributed by atoms with Gasteiger partial charge in [0, 0.05) is 134 Å². The number of para-hydroxylation sites is 2. The van der Waals surface area contributed by atoms with Crippen molar-refractivity contribution in [2.45, 2.75) is 155 Å². The molecule has 0 bridgehead atoms. The Bertz CT molecular complexity index is 3280. The average molecular weight is 1450 g/mol. The first-order chi connectivity index (χ1) is 41.5. The van der Waals surface area contributed by atoms with E-state index in [4.69, 9.17) is 18.9 Å². The minimum absolute atomic E-state index is 0. The van der Waals surface area contributed by atoms with Crippen LogP contribution in [0.25, 0.3) is 0 Å². The minimum Gasteiger partial charge on any atom is -0.445 e. The predicted octanol–water partition coefficient (Wildman–Crippen LogP) is 17.2. The van der Waals surface area contributed by atoms with Crippen LogP contribution < -0.4 is 19.6 Å². The van der Waals surface area contributed by atoms with Crippen molar-refractivity contribution < 1.29 is 136 Å². The summed E-state index contributed by atoms with van der Waals surface area (Å²) < 4.78 is 20.9. The Hall–Kier alpha value is -5.85. The maximum absolute atomic E-state index is 10.8. The maximum Gasteiger partial charge on any atom is 0.295 e. The van der Waals surface area contributed by atoms with Crippen molar-refractivity contribution in [3.63, 3.8) is 0 Å². The summed E-state index contributed by atoms with van der Waals surface area (Å²) in [5.41, 5.74) is 29.0. The van der Waals surface area contributed by atoms with E-state index in [2.05, 4.69) is 166 Å². The van der Waals surface area contributed by atoms with Crippen LogP contribution in [0.15, 0.2) is 133 Å². The van der Waals surface area contributed by atoms with Crippen molar-refractivity contribution in [1.82, 2.24) is 0 Å². The topological polar surface area (TPSA) is 118 Å². The van der Waals surface area contributed by atoms with E-state index in [9.17, 15) is 19.2 Å². The third kappa shape index (κ3) is 17.1. The predicted molar refractivity (Wildman–Crippen MR) is 358 cm³/mol. The van der Waals surface area contributed by atoms with Gasteiger partial charge in [0.2, 0.25) is 0 Å². The van der Waals surface area contributed by atoms with Gasteiger partial charge in [-0.25, -0.2) is 0 Å². The molecule has 4 unspecified atom stereocenters. The number of carbonyl (C=O) groups excluding carboxylic acids is 4. The van der Waals surface area contributed by atoms with Gasteiger partial charge < -0.3 is 46.0 Å². The average Bonchev–Trinajstić information content (AvgIpc) is 1.03. The summed E-state index contributed by atoms with van der Waals surface area (Å²) in [6, 6.07) is 52.0. The zero-order valence-corrected chi connectivity index (χ0v) is 63.5. The molecule has 12 nitrogen and oxygen atoms in total. The van der Waals surface area contributed by atoms with Gasteiger partial charge >= 0.3 is 0 Å². The van der Waals surface area contributed by atoms with Crippen LogP contribution in [0.1, 0.15) is 138 Å². The molecule has 8 aromatic carbocycles. The third-order valence-corrected chi connectivity index (χ3v) is 17.0. The van der Waals surface area contributed by atoms with Gasteiger partial charge in [0.15, 0.2) is 24.9 Å². The second kappa shape index (κ2) is 36.6. The largest absolute Gasteiger partial charge is 0.445 e. The van der Waals surface area contributed by atoms with Crippen molar-refractivity contribution in [3.05, 3.63) is 242 Å². The van der Waals surface area contributed by atoms with Gasteiger partial charge in [0.1, 0.15) is 0 Å². The monoisotopic (exact) mass is 1450 g/mol. The number of anilines is 8. The summed E-state index contributed by atoms with van der Waals surface area (Å²) >= 11 is 0. The molecule has 0 saturated carbocycles. The van der Waals surface area contributed by atoms with Crippen molar-refractivity contribution in [3.8, 4) is 0 Å². The zero-order valence-electron chi connectivity index (χ0n) is 54.9. The number of hydrogen-bond acceptors (Lipinski definition) is 12. The van der Waals surface area contributed by atoms with Crippen molar-refractivity contribution in [2.75, 3.05) is 19.6 Å². The van der Waals surface area contributed by atoms with Gasteiger partial charge in [-0.15, -0.1) is 17.2 Å². The first-order valence-electron chi connectivity index (χ1n) is 29.6. The molecule has 12 rings (SSSR count). The van der Waals surface area contributed by atoms with E-state index in [-0.39, 0.29) is 138 Å². The van der Waals surface area contributed by atoms with Crippen LogP contribution in [0.3, 0.4) is 0 Å². The van der Waals surface area contributed by atoms with Gasteiger partial charge in [-0.05, 0) is 186 Å². The van der Waals surface area contributed by atoms with Gasteiger partial charge in [-0.2, -0.15) is 42.5 Å². The molecule has 15 heteroatoms. The molecule has 0 saturated heterocycles. The van der Waals surface area contributed by atoms with Crippen LogP contribution in [-0.2, 0) is 162 Å². The molecule has 0 aromatic heterocycles. The molecule has 0 fully saturated rings. The van der Waals surface area contributed by atoms with Crippen LogP contribution >= 0.6 is 0 Å². The summed E-state index contributed by atoms with van der Waals surface area (Å²) in [4.78, 5) is 51.6. The number of hydrogen-bond donors (Lipinski definition) is 0. The quantitative estimate of drug-likeness (QED) is 0.0658. The number of aryl methyl sites for hydroxylation is 4. The Labute approximate surface area is 617 Å². The summed E-state index contributed by atoms with van der Waals surface area (Å²) in [7, 11) is 0. The summed E-state index contributed by atoms with van der Waals surface area (Å²) in [5, 5.41) is 0. The first-order valence-corrected chi connectivity index (χ1v) is 29.6. The molecular weight excluding hydrogens is 1360 g/mol. The Balaban J connectivity index is 0.000000308. The molecule has 0 amide bonds. The Morgan fingerprint density at radius 2 is 0.615 bits per heavy atom. The van der Waals surface area contributed by atoms with Crippen LogP contribution in [0.5, 0.6) is 0 Å². The smallest absolute Gasteiger partial charge is 0.295 e. The van der Waals surface area contributed by atoms with Crippen LogP contribution in [0, 0.1) is 74.9 Å². The molecular formula is C76H87N4O8Y3-3. The summed E-state index contributed by atoms with van der Waals surface area (Å²) in [6.45, 7) is 30.6. The molecule has 4 atom stereocenters. The van der Waals surface area contributed by atoms with E-state index < -0.39 is 0 Å². The van der Waals surface area contributed by atoms with Crippen molar-refractivity contribution in [1.29, 1.82) is 0 Å². The molecule has 0 aliphatic carbocycles. The molecule has 4 aliphatic rings. The van der Waals surface area contributed by atoms with Crippen LogP contribution in [0.4, 0.5) is 45.5 Å². The van der Waals surface area contributed by atoms with E-state index in [1.807, 2.05) is 96.1 Å². The third-order valence-electron chi connectivity index (χ3n) is 17.0. The number of ether oxygens (including phenoxy) is 4. The Morgan fingerprint density at radius 1 is 0.352 bits per heavy atom. The standard InChI is InChI=1S/2C18H19NO2.2C18H18NO2.C2H6.CH4.CH3.3Y/c4*1-12-8-9-16-10-15-6-4-5-7-17(15)19(14(3)21-11-20)18(16)13(12)2;1-2;;;;;/h2*4-9,11,14H,10H2,1-3H3;5-9,11,14H,10H2,1-3H3;4,6-9,11,14H,10H2,1-3H3;1-2H3;1H4;1H3;;;/q;;2*-1;;;-1;;;. The van der Waals surface area contributed by atoms with Crippen LogP contribution in [0.2, 0.25) is 0 Å². The molecule has 4 aliphatic heterocycles. The zero-order chi connectivity index (χ0) is 61.9. The molecule has 0 spiro atoms. The molecule has 8 aromatic rings. The van der Waals surface area contributed by atoms with Crippen molar-refractivity contribution >= 4 is 71.4 Å². The maximum atomic E-state index is 10.8. The van der Waals surface area contributed by atoms with Gasteiger partial charge in [-0.1, -0.05) is 118 Å². The van der Waals surface area contributed by atoms with E-state index in [1.165, 1.54) is 100 Å². The van der Waals surface area contributed by atoms with Crippen LogP contribution in [-0.4, -0.2) is 50.8 Å². The molecule has 0 N–H and O–H groups in total.